The fourth-order valence-electron chi connectivity index (χ4n) is 9.69. The second kappa shape index (κ2) is 23.8. The standard InChI is InChI=1S/C56H58Cl2FN7O8S/c1-34-46-35(2)50(58)51(49(34)57)73-43(30-66-22-20-64(3)21-23-66)32-71-42-14-15-44(72-31-40-16-17-60-53(63-40)37-8-12-41(13-9-37)70-27-24-65-18-4-25-69-26-5-19-65)38(28-42)29-45(56(67)68)74-54-48-47(46)52(75-55(48)62-33-61-54)36-6-10-39(59)11-7-36/h6-17,28,33,43,45H,4-5,18-27,29-32H2,1-3H3,(H,67,68)/t43-,45-/m1/s1. The van der Waals surface area contributed by atoms with Crippen LogP contribution >= 0.6 is 34.5 Å². The van der Waals surface area contributed by atoms with Crippen LogP contribution in [0.3, 0.4) is 0 Å². The largest absolute Gasteiger partial charge is 0.492 e. The van der Waals surface area contributed by atoms with E-state index < -0.39 is 24.0 Å². The van der Waals surface area contributed by atoms with Gasteiger partial charge in [-0.05, 0) is 117 Å². The van der Waals surface area contributed by atoms with Gasteiger partial charge in [-0.1, -0.05) is 35.3 Å². The summed E-state index contributed by atoms with van der Waals surface area (Å²) in [5.41, 5.74) is 5.17. The van der Waals surface area contributed by atoms with Crippen molar-refractivity contribution in [2.45, 2.75) is 51.9 Å². The number of carboxylic acids is 1. The third kappa shape index (κ3) is 12.3. The van der Waals surface area contributed by atoms with E-state index in [1.54, 1.807) is 42.6 Å². The first-order valence-corrected chi connectivity index (χ1v) is 26.8. The summed E-state index contributed by atoms with van der Waals surface area (Å²) in [4.78, 5) is 40.3. The molecule has 392 valence electrons. The van der Waals surface area contributed by atoms with Gasteiger partial charge in [0.05, 0.1) is 21.1 Å². The molecule has 4 aromatic carbocycles. The topological polar surface area (TPSA) is 154 Å². The van der Waals surface area contributed by atoms with Gasteiger partial charge in [0.2, 0.25) is 12.0 Å². The molecule has 11 rings (SSSR count). The Labute approximate surface area is 449 Å². The maximum absolute atomic E-state index is 14.4. The van der Waals surface area contributed by atoms with Crippen LogP contribution in [-0.2, 0) is 22.6 Å². The van der Waals surface area contributed by atoms with Crippen LogP contribution < -0.4 is 23.7 Å². The molecule has 19 heteroatoms. The van der Waals surface area contributed by atoms with Crippen LogP contribution in [0, 0.1) is 19.7 Å². The highest BCUT2D eigenvalue weighted by atomic mass is 35.5. The van der Waals surface area contributed by atoms with Crippen molar-refractivity contribution in [3.05, 3.63) is 124 Å². The first-order chi connectivity index (χ1) is 36.4. The molecule has 0 saturated carbocycles. The summed E-state index contributed by atoms with van der Waals surface area (Å²) < 4.78 is 52.6. The summed E-state index contributed by atoms with van der Waals surface area (Å²) in [6, 6.07) is 20.9. The molecule has 7 aromatic rings. The van der Waals surface area contributed by atoms with Crippen molar-refractivity contribution in [1.29, 1.82) is 0 Å². The Morgan fingerprint density at radius 2 is 1.57 bits per heavy atom. The van der Waals surface area contributed by atoms with E-state index in [0.717, 1.165) is 83.2 Å². The maximum atomic E-state index is 14.4. The molecule has 0 radical (unpaired) electrons. The molecule has 4 aliphatic rings. The lowest BCUT2D eigenvalue weighted by molar-refractivity contribution is -0.145. The minimum atomic E-state index is -1.48. The number of benzene rings is 4. The molecule has 75 heavy (non-hydrogen) atoms. The zero-order valence-electron chi connectivity index (χ0n) is 42.0. The first-order valence-electron chi connectivity index (χ1n) is 25.2. The lowest BCUT2D eigenvalue weighted by Gasteiger charge is -2.35. The Balaban J connectivity index is 0.972. The van der Waals surface area contributed by atoms with Crippen LogP contribution in [0.1, 0.15) is 35.2 Å². The van der Waals surface area contributed by atoms with Gasteiger partial charge in [-0.25, -0.2) is 29.1 Å². The van der Waals surface area contributed by atoms with Crippen molar-refractivity contribution in [3.63, 3.8) is 0 Å². The highest BCUT2D eigenvalue weighted by Crippen LogP contribution is 2.53. The normalized spacial score (nSPS) is 18.1. The number of aromatic nitrogens is 4. The van der Waals surface area contributed by atoms with Gasteiger partial charge in [-0.2, -0.15) is 0 Å². The van der Waals surface area contributed by atoms with Gasteiger partial charge in [-0.3, -0.25) is 9.80 Å². The Bertz CT molecular complexity index is 3110. The van der Waals surface area contributed by atoms with E-state index in [1.807, 2.05) is 38.1 Å². The summed E-state index contributed by atoms with van der Waals surface area (Å²) in [7, 11) is 2.10. The molecule has 1 N–H and O–H groups in total. The van der Waals surface area contributed by atoms with Crippen molar-refractivity contribution in [3.8, 4) is 61.8 Å². The summed E-state index contributed by atoms with van der Waals surface area (Å²) in [6.45, 7) is 12.9. The number of halogens is 3. The van der Waals surface area contributed by atoms with Crippen LogP contribution in [0.15, 0.2) is 85.3 Å². The zero-order valence-corrected chi connectivity index (χ0v) is 44.4. The Morgan fingerprint density at radius 3 is 2.31 bits per heavy atom. The van der Waals surface area contributed by atoms with E-state index in [-0.39, 0.29) is 25.5 Å². The summed E-state index contributed by atoms with van der Waals surface area (Å²) in [6.07, 6.45) is 2.89. The van der Waals surface area contributed by atoms with Gasteiger partial charge in [-0.15, -0.1) is 11.3 Å². The number of piperazine rings is 1. The Kier molecular flexibility index (Phi) is 16.6. The lowest BCUT2D eigenvalue weighted by Crippen LogP contribution is -2.49. The first kappa shape index (κ1) is 52.3. The highest BCUT2D eigenvalue weighted by molar-refractivity contribution is 7.22. The number of fused-ring (bicyclic) bond motifs is 7. The number of ether oxygens (including phenoxy) is 6. The number of nitrogens with zero attached hydrogens (tertiary/aromatic N) is 7. The average molecular weight is 1080 g/mol. The molecule has 3 aromatic heterocycles. The van der Waals surface area contributed by atoms with Gasteiger partial charge >= 0.3 is 5.97 Å². The van der Waals surface area contributed by atoms with Gasteiger partial charge in [0.25, 0.3) is 0 Å². The van der Waals surface area contributed by atoms with Crippen LogP contribution in [0.5, 0.6) is 28.9 Å². The van der Waals surface area contributed by atoms with Crippen molar-refractivity contribution in [2.24, 2.45) is 0 Å². The number of carbonyl (C=O) groups is 1. The minimum absolute atomic E-state index is 0.0250. The van der Waals surface area contributed by atoms with Crippen LogP contribution in [0.2, 0.25) is 10.0 Å². The lowest BCUT2D eigenvalue weighted by atomic mass is 9.92. The minimum Gasteiger partial charge on any atom is -0.492 e. The predicted molar refractivity (Wildman–Crippen MR) is 288 cm³/mol. The molecular formula is C56H58Cl2FN7O8S. The predicted octanol–water partition coefficient (Wildman–Crippen LogP) is 10.1. The van der Waals surface area contributed by atoms with Crippen molar-refractivity contribution in [1.82, 2.24) is 34.6 Å². The maximum Gasteiger partial charge on any atom is 0.345 e. The second-order valence-electron chi connectivity index (χ2n) is 19.0. The van der Waals surface area contributed by atoms with Crippen molar-refractivity contribution >= 4 is 50.7 Å². The molecule has 15 nitrogen and oxygen atoms in total. The van der Waals surface area contributed by atoms with E-state index in [9.17, 15) is 14.3 Å². The Hall–Kier alpha value is -6.18. The quantitative estimate of drug-likeness (QED) is 0.123. The van der Waals surface area contributed by atoms with Gasteiger partial charge in [0, 0.05) is 99.8 Å². The van der Waals surface area contributed by atoms with Gasteiger partial charge in [0.15, 0.2) is 11.6 Å². The fraction of sp³-hybridized carbons (Fsp3) is 0.375. The third-order valence-corrected chi connectivity index (χ3v) is 15.8. The van der Waals surface area contributed by atoms with Gasteiger partial charge < -0.3 is 38.4 Å². The number of rotatable bonds is 12. The number of aliphatic carboxylic acids is 1. The molecule has 2 atom stereocenters. The SMILES string of the molecule is Cc1c(Cl)c2c(Cl)c(C)c1-c1c(-c3ccc(F)cc3)sc3ncnc(c13)O[C@@H](C(=O)O)Cc1cc(ccc1OCc1ccnc(-c3ccc(OCCN4CCCOCCC4)cc3)n1)OC[C@@H](CN1CCN(C)CC1)O2. The number of carboxylic acid groups (broad SMARTS) is 1. The zero-order chi connectivity index (χ0) is 52.0. The van der Waals surface area contributed by atoms with Crippen molar-refractivity contribution < 1.29 is 42.7 Å². The number of hydrogen-bond acceptors (Lipinski definition) is 15. The molecule has 2 fully saturated rings. The molecule has 4 bridgehead atoms. The van der Waals surface area contributed by atoms with E-state index in [2.05, 4.69) is 36.7 Å². The fourth-order valence-corrected chi connectivity index (χ4v) is 11.4. The third-order valence-electron chi connectivity index (χ3n) is 13.8. The summed E-state index contributed by atoms with van der Waals surface area (Å²) in [5.74, 6) is 0.835. The smallest absolute Gasteiger partial charge is 0.345 e. The van der Waals surface area contributed by atoms with Crippen molar-refractivity contribution in [2.75, 3.05) is 85.8 Å². The molecule has 0 amide bonds. The average Bonchev–Trinajstić information content (AvgIpc) is 3.80. The van der Waals surface area contributed by atoms with E-state index in [1.165, 1.54) is 29.8 Å². The highest BCUT2D eigenvalue weighted by Gasteiger charge is 2.32. The number of likely N-dealkylation sites (N-methyl/N-ethyl adjacent to an activating group) is 1. The molecule has 7 heterocycles. The van der Waals surface area contributed by atoms with Crippen LogP contribution in [0.25, 0.3) is 43.2 Å². The molecule has 0 spiro atoms. The summed E-state index contributed by atoms with van der Waals surface area (Å²) in [5, 5.41) is 12.0. The monoisotopic (exact) mass is 1080 g/mol. The van der Waals surface area contributed by atoms with E-state index in [4.69, 9.17) is 56.6 Å². The molecule has 0 aliphatic carbocycles. The summed E-state index contributed by atoms with van der Waals surface area (Å²) >= 11 is 16.0. The van der Waals surface area contributed by atoms with Crippen LogP contribution in [-0.4, -0.2) is 144 Å². The van der Waals surface area contributed by atoms with Crippen LogP contribution in [0.4, 0.5) is 4.39 Å². The Morgan fingerprint density at radius 1 is 0.840 bits per heavy atom. The second-order valence-corrected chi connectivity index (χ2v) is 20.8. The number of hydrogen-bond donors (Lipinski definition) is 1. The van der Waals surface area contributed by atoms with E-state index >= 15 is 0 Å². The molecule has 0 unspecified atom stereocenters. The van der Waals surface area contributed by atoms with E-state index in [0.29, 0.717) is 100 Å². The number of thiophene rings is 1. The molecule has 2 saturated heterocycles. The molecular weight excluding hydrogens is 1020 g/mol. The van der Waals surface area contributed by atoms with Gasteiger partial charge in [0.1, 0.15) is 60.1 Å². The molecule has 4 aliphatic heterocycles.